The van der Waals surface area contributed by atoms with E-state index >= 15 is 0 Å². The molecule has 5 nitrogen and oxygen atoms in total. The van der Waals surface area contributed by atoms with Crippen LogP contribution in [0.1, 0.15) is 49.4 Å². The fourth-order valence-corrected chi connectivity index (χ4v) is 2.80. The largest absolute Gasteiger partial charge is 0.497 e. The maximum Gasteiger partial charge on any atom is 0.259 e. The quantitative estimate of drug-likeness (QED) is 0.628. The van der Waals surface area contributed by atoms with Crippen LogP contribution in [-0.2, 0) is 0 Å². The van der Waals surface area contributed by atoms with Crippen molar-refractivity contribution in [2.75, 3.05) is 19.0 Å². The van der Waals surface area contributed by atoms with E-state index in [4.69, 9.17) is 14.2 Å². The molecule has 0 aromatic heterocycles. The molecule has 0 heterocycles. The van der Waals surface area contributed by atoms with E-state index in [1.807, 2.05) is 30.3 Å². The lowest BCUT2D eigenvalue weighted by Crippen LogP contribution is -2.26. The second-order valence-electron chi connectivity index (χ2n) is 6.69. The van der Waals surface area contributed by atoms with Gasteiger partial charge in [-0.1, -0.05) is 25.5 Å². The van der Waals surface area contributed by atoms with Crippen LogP contribution in [-0.4, -0.2) is 25.7 Å². The van der Waals surface area contributed by atoms with E-state index in [0.29, 0.717) is 35.1 Å². The van der Waals surface area contributed by atoms with Gasteiger partial charge in [-0.3, -0.25) is 4.79 Å². The van der Waals surface area contributed by atoms with Crippen molar-refractivity contribution in [2.45, 2.75) is 45.1 Å². The Bertz CT molecular complexity index is 771. The fourth-order valence-electron chi connectivity index (χ4n) is 2.80. The number of hydrogen-bond donors (Lipinski definition) is 1. The minimum absolute atomic E-state index is 0.212. The number of rotatable bonds is 9. The molecule has 27 heavy (non-hydrogen) atoms. The molecular formula is C22H27NO4. The summed E-state index contributed by atoms with van der Waals surface area (Å²) in [6.45, 7) is 2.71. The second kappa shape index (κ2) is 9.31. The number of anilines is 1. The predicted molar refractivity (Wildman–Crippen MR) is 106 cm³/mol. The first-order chi connectivity index (χ1) is 13.2. The number of carbonyl (C=O) groups excluding carboxylic acids is 1. The average Bonchev–Trinajstić information content (AvgIpc) is 2.66. The summed E-state index contributed by atoms with van der Waals surface area (Å²) in [4.78, 5) is 12.9. The Morgan fingerprint density at radius 3 is 2.67 bits per heavy atom. The van der Waals surface area contributed by atoms with Gasteiger partial charge in [0.25, 0.3) is 5.91 Å². The Labute approximate surface area is 160 Å². The van der Waals surface area contributed by atoms with Gasteiger partial charge in [-0.25, -0.2) is 0 Å². The maximum absolute atomic E-state index is 12.9. The minimum Gasteiger partial charge on any atom is -0.497 e. The van der Waals surface area contributed by atoms with Crippen LogP contribution in [0, 0.1) is 0 Å². The van der Waals surface area contributed by atoms with E-state index in [1.165, 1.54) is 6.42 Å². The SMILES string of the molecule is CCCCOc1ccc(OC)cc1NC(=O)c1ccccc1OC1CCC1. The molecule has 1 amide bonds. The highest BCUT2D eigenvalue weighted by Crippen LogP contribution is 2.32. The molecule has 0 saturated heterocycles. The lowest BCUT2D eigenvalue weighted by Gasteiger charge is -2.27. The molecule has 2 aromatic rings. The summed E-state index contributed by atoms with van der Waals surface area (Å²) in [6, 6.07) is 12.8. The van der Waals surface area contributed by atoms with E-state index in [-0.39, 0.29) is 12.0 Å². The summed E-state index contributed by atoms with van der Waals surface area (Å²) >= 11 is 0. The average molecular weight is 369 g/mol. The number of methoxy groups -OCH3 is 1. The predicted octanol–water partition coefficient (Wildman–Crippen LogP) is 5.06. The maximum atomic E-state index is 12.9. The first-order valence-electron chi connectivity index (χ1n) is 9.59. The lowest BCUT2D eigenvalue weighted by molar-refractivity contribution is 0.0991. The molecule has 5 heteroatoms. The van der Waals surface area contributed by atoms with Crippen molar-refractivity contribution in [2.24, 2.45) is 0 Å². The fraction of sp³-hybridized carbons (Fsp3) is 0.409. The van der Waals surface area contributed by atoms with Gasteiger partial charge in [0.15, 0.2) is 0 Å². The van der Waals surface area contributed by atoms with Gasteiger partial charge in [-0.2, -0.15) is 0 Å². The third-order valence-electron chi connectivity index (χ3n) is 4.67. The molecule has 1 fully saturated rings. The van der Waals surface area contributed by atoms with Gasteiger partial charge < -0.3 is 19.5 Å². The van der Waals surface area contributed by atoms with Gasteiger partial charge >= 0.3 is 0 Å². The van der Waals surface area contributed by atoms with Crippen molar-refractivity contribution in [3.05, 3.63) is 48.0 Å². The standard InChI is InChI=1S/C22H27NO4/c1-3-4-14-26-21-13-12-17(25-2)15-19(21)23-22(24)18-10-5-6-11-20(18)27-16-8-7-9-16/h5-6,10-13,15-16H,3-4,7-9,14H2,1-2H3,(H,23,24). The van der Waals surface area contributed by atoms with Crippen molar-refractivity contribution in [3.63, 3.8) is 0 Å². The van der Waals surface area contributed by atoms with Gasteiger partial charge in [-0.05, 0) is 49.9 Å². The van der Waals surface area contributed by atoms with Crippen LogP contribution in [0.2, 0.25) is 0 Å². The van der Waals surface area contributed by atoms with Crippen molar-refractivity contribution in [1.82, 2.24) is 0 Å². The number of benzene rings is 2. The number of ether oxygens (including phenoxy) is 3. The number of carbonyl (C=O) groups is 1. The Balaban J connectivity index is 1.78. The van der Waals surface area contributed by atoms with E-state index in [9.17, 15) is 4.79 Å². The van der Waals surface area contributed by atoms with Gasteiger partial charge in [0.1, 0.15) is 17.2 Å². The van der Waals surface area contributed by atoms with Gasteiger partial charge in [0.2, 0.25) is 0 Å². The van der Waals surface area contributed by atoms with E-state index in [2.05, 4.69) is 12.2 Å². The number of nitrogens with one attached hydrogen (secondary N) is 1. The summed E-state index contributed by atoms with van der Waals surface area (Å²) in [5.41, 5.74) is 1.11. The highest BCUT2D eigenvalue weighted by molar-refractivity contribution is 6.07. The Kier molecular flexibility index (Phi) is 6.58. The first kappa shape index (κ1) is 19.1. The minimum atomic E-state index is -0.224. The van der Waals surface area contributed by atoms with Crippen molar-refractivity contribution in [3.8, 4) is 17.2 Å². The van der Waals surface area contributed by atoms with Crippen LogP contribution in [0.15, 0.2) is 42.5 Å². The van der Waals surface area contributed by atoms with E-state index in [1.54, 1.807) is 19.2 Å². The topological polar surface area (TPSA) is 56.8 Å². The smallest absolute Gasteiger partial charge is 0.259 e. The molecule has 0 atom stereocenters. The first-order valence-corrected chi connectivity index (χ1v) is 9.59. The molecule has 1 aliphatic rings. The monoisotopic (exact) mass is 369 g/mol. The number of unbranched alkanes of at least 4 members (excludes halogenated alkanes) is 1. The van der Waals surface area contributed by atoms with Crippen molar-refractivity contribution in [1.29, 1.82) is 0 Å². The molecule has 1 N–H and O–H groups in total. The molecule has 0 aliphatic heterocycles. The van der Waals surface area contributed by atoms with Gasteiger partial charge in [0.05, 0.1) is 31.1 Å². The molecule has 0 unspecified atom stereocenters. The normalized spacial score (nSPS) is 13.6. The molecule has 1 aliphatic carbocycles. The van der Waals surface area contributed by atoms with Crippen LogP contribution in [0.5, 0.6) is 17.2 Å². The van der Waals surface area contributed by atoms with Crippen LogP contribution in [0.4, 0.5) is 5.69 Å². The zero-order chi connectivity index (χ0) is 19.1. The summed E-state index contributed by atoms with van der Waals surface area (Å²) in [6.07, 6.45) is 5.48. The third kappa shape index (κ3) is 4.94. The Morgan fingerprint density at radius 1 is 1.15 bits per heavy atom. The third-order valence-corrected chi connectivity index (χ3v) is 4.67. The van der Waals surface area contributed by atoms with Gasteiger partial charge in [0, 0.05) is 6.07 Å². The summed E-state index contributed by atoms with van der Waals surface area (Å²) in [5.74, 6) is 1.69. The zero-order valence-electron chi connectivity index (χ0n) is 16.0. The molecule has 2 aromatic carbocycles. The lowest BCUT2D eigenvalue weighted by atomic mass is 9.96. The molecule has 144 valence electrons. The van der Waals surface area contributed by atoms with Crippen LogP contribution in [0.3, 0.4) is 0 Å². The van der Waals surface area contributed by atoms with Crippen LogP contribution < -0.4 is 19.5 Å². The number of amides is 1. The van der Waals surface area contributed by atoms with Crippen LogP contribution >= 0.6 is 0 Å². The Hall–Kier alpha value is -2.69. The highest BCUT2D eigenvalue weighted by Gasteiger charge is 2.22. The molecule has 3 rings (SSSR count). The Morgan fingerprint density at radius 2 is 1.96 bits per heavy atom. The summed E-state index contributed by atoms with van der Waals surface area (Å²) in [7, 11) is 1.60. The second-order valence-corrected chi connectivity index (χ2v) is 6.69. The van der Waals surface area contributed by atoms with Crippen molar-refractivity contribution < 1.29 is 19.0 Å². The van der Waals surface area contributed by atoms with Gasteiger partial charge in [-0.15, -0.1) is 0 Å². The summed E-state index contributed by atoms with van der Waals surface area (Å²) < 4.78 is 17.1. The summed E-state index contributed by atoms with van der Waals surface area (Å²) in [5, 5.41) is 2.95. The van der Waals surface area contributed by atoms with Crippen LogP contribution in [0.25, 0.3) is 0 Å². The number of hydrogen-bond acceptors (Lipinski definition) is 4. The van der Waals surface area contributed by atoms with Crippen molar-refractivity contribution >= 4 is 11.6 Å². The molecule has 0 spiro atoms. The number of para-hydroxylation sites is 1. The van der Waals surface area contributed by atoms with E-state index < -0.39 is 0 Å². The zero-order valence-corrected chi connectivity index (χ0v) is 16.0. The molecule has 0 bridgehead atoms. The molecular weight excluding hydrogens is 342 g/mol. The molecule has 0 radical (unpaired) electrons. The molecule has 1 saturated carbocycles. The van der Waals surface area contributed by atoms with E-state index in [0.717, 1.165) is 25.7 Å². The highest BCUT2D eigenvalue weighted by atomic mass is 16.5.